The monoisotopic (exact) mass is 450 g/mol. The van der Waals surface area contributed by atoms with E-state index in [0.29, 0.717) is 12.4 Å². The van der Waals surface area contributed by atoms with Crippen LogP contribution in [0.3, 0.4) is 0 Å². The Labute approximate surface area is 192 Å². The first-order valence-corrected chi connectivity index (χ1v) is 10.2. The second-order valence-electron chi connectivity index (χ2n) is 6.96. The van der Waals surface area contributed by atoms with E-state index >= 15 is 0 Å². The fraction of sp³-hybridized carbons (Fsp3) is 0.192. The Morgan fingerprint density at radius 1 is 0.848 bits per heavy atom. The van der Waals surface area contributed by atoms with Crippen LogP contribution in [-0.4, -0.2) is 38.7 Å². The normalized spacial score (nSPS) is 10.8. The molecule has 7 nitrogen and oxygen atoms in total. The minimum atomic E-state index is -0.429. The van der Waals surface area contributed by atoms with E-state index in [1.807, 2.05) is 54.6 Å². The van der Waals surface area contributed by atoms with E-state index in [1.54, 1.807) is 6.08 Å². The molecular formula is C26H26O7. The molecule has 0 atom stereocenters. The third-order valence-electron chi connectivity index (χ3n) is 4.53. The summed E-state index contributed by atoms with van der Waals surface area (Å²) in [5.74, 6) is 0.464. The van der Waals surface area contributed by atoms with Crippen molar-refractivity contribution >= 4 is 11.9 Å². The van der Waals surface area contributed by atoms with Crippen LogP contribution in [0.15, 0.2) is 72.8 Å². The maximum absolute atomic E-state index is 12.8. The summed E-state index contributed by atoms with van der Waals surface area (Å²) in [6, 6.07) is 20.1. The first-order chi connectivity index (χ1) is 16.1. The van der Waals surface area contributed by atoms with Crippen LogP contribution in [0.5, 0.6) is 23.0 Å². The second-order valence-corrected chi connectivity index (χ2v) is 6.96. The van der Waals surface area contributed by atoms with Crippen molar-refractivity contribution in [3.8, 4) is 23.0 Å². The molecule has 3 aromatic rings. The number of ether oxygens (including phenoxy) is 5. The van der Waals surface area contributed by atoms with Crippen molar-refractivity contribution in [2.75, 3.05) is 27.8 Å². The molecule has 0 fully saturated rings. The number of ketones is 1. The zero-order chi connectivity index (χ0) is 23.5. The largest absolute Gasteiger partial charge is 0.507 e. The molecule has 0 aliphatic carbocycles. The summed E-state index contributed by atoms with van der Waals surface area (Å²) in [5, 5.41) is 10.4. The standard InChI is InChI=1S/C26H26O7/c1-29-17-32-22-14-24(28)26(25(15-22)33-18-30-2)23(27)13-10-19-8-11-21(12-9-19)31-16-20-6-4-3-5-7-20/h3-15,28H,16-18H2,1-2H3/b13-10+. The summed E-state index contributed by atoms with van der Waals surface area (Å²) in [7, 11) is 2.94. The van der Waals surface area contributed by atoms with Gasteiger partial charge in [-0.05, 0) is 29.3 Å². The molecule has 3 aromatic carbocycles. The van der Waals surface area contributed by atoms with Crippen LogP contribution in [0.25, 0.3) is 6.08 Å². The quantitative estimate of drug-likeness (QED) is 0.240. The highest BCUT2D eigenvalue weighted by Gasteiger charge is 2.18. The number of carbonyl (C=O) groups excluding carboxylic acids is 1. The SMILES string of the molecule is COCOc1cc(O)c(C(=O)/C=C/c2ccc(OCc3ccccc3)cc2)c(OCOC)c1. The minimum absolute atomic E-state index is 0.0101. The number of hydrogen-bond donors (Lipinski definition) is 1. The topological polar surface area (TPSA) is 83.5 Å². The molecule has 0 heterocycles. The smallest absolute Gasteiger partial charge is 0.193 e. The third kappa shape index (κ3) is 7.10. The van der Waals surface area contributed by atoms with Crippen molar-refractivity contribution in [2.24, 2.45) is 0 Å². The van der Waals surface area contributed by atoms with Gasteiger partial charge < -0.3 is 28.8 Å². The number of carbonyl (C=O) groups is 1. The molecule has 172 valence electrons. The number of rotatable bonds is 12. The van der Waals surface area contributed by atoms with Gasteiger partial charge in [0.15, 0.2) is 19.4 Å². The van der Waals surface area contributed by atoms with Crippen LogP contribution in [0.1, 0.15) is 21.5 Å². The Hall–Kier alpha value is -3.81. The molecule has 0 unspecified atom stereocenters. The van der Waals surface area contributed by atoms with E-state index in [-0.39, 0.29) is 30.6 Å². The summed E-state index contributed by atoms with van der Waals surface area (Å²) < 4.78 is 26.4. The minimum Gasteiger partial charge on any atom is -0.507 e. The molecule has 0 aliphatic heterocycles. The van der Waals surface area contributed by atoms with E-state index in [2.05, 4.69) is 0 Å². The fourth-order valence-electron chi connectivity index (χ4n) is 2.94. The summed E-state index contributed by atoms with van der Waals surface area (Å²) in [6.45, 7) is 0.366. The number of hydrogen-bond acceptors (Lipinski definition) is 7. The first kappa shape index (κ1) is 23.8. The number of allylic oxidation sites excluding steroid dienone is 1. The lowest BCUT2D eigenvalue weighted by molar-refractivity contribution is 0.0453. The lowest BCUT2D eigenvalue weighted by atomic mass is 10.1. The van der Waals surface area contributed by atoms with Crippen LogP contribution in [0.2, 0.25) is 0 Å². The third-order valence-corrected chi connectivity index (χ3v) is 4.53. The highest BCUT2D eigenvalue weighted by molar-refractivity contribution is 6.10. The van der Waals surface area contributed by atoms with Crippen LogP contribution in [0, 0.1) is 0 Å². The average Bonchev–Trinajstić information content (AvgIpc) is 2.84. The van der Waals surface area contributed by atoms with E-state index in [0.717, 1.165) is 16.9 Å². The second kappa shape index (κ2) is 12.3. The van der Waals surface area contributed by atoms with Crippen LogP contribution >= 0.6 is 0 Å². The zero-order valence-electron chi connectivity index (χ0n) is 18.5. The van der Waals surface area contributed by atoms with Crippen molar-refractivity contribution in [1.29, 1.82) is 0 Å². The molecule has 0 saturated carbocycles. The molecule has 7 heteroatoms. The summed E-state index contributed by atoms with van der Waals surface area (Å²) in [5.41, 5.74) is 1.89. The number of phenols is 1. The number of phenolic OH excluding ortho intramolecular Hbond substituents is 1. The molecule has 0 aliphatic rings. The van der Waals surface area contributed by atoms with E-state index in [9.17, 15) is 9.90 Å². The Kier molecular flexibility index (Phi) is 8.88. The van der Waals surface area contributed by atoms with Gasteiger partial charge in [-0.2, -0.15) is 0 Å². The molecule has 0 amide bonds. The predicted molar refractivity (Wildman–Crippen MR) is 124 cm³/mol. The maximum Gasteiger partial charge on any atom is 0.193 e. The van der Waals surface area contributed by atoms with E-state index < -0.39 is 5.78 Å². The van der Waals surface area contributed by atoms with E-state index in [4.69, 9.17) is 23.7 Å². The van der Waals surface area contributed by atoms with Crippen LogP contribution < -0.4 is 14.2 Å². The summed E-state index contributed by atoms with van der Waals surface area (Å²) in [4.78, 5) is 12.8. The lowest BCUT2D eigenvalue weighted by Gasteiger charge is -2.13. The maximum atomic E-state index is 12.8. The molecular weight excluding hydrogens is 424 g/mol. The van der Waals surface area contributed by atoms with Crippen molar-refractivity contribution in [1.82, 2.24) is 0 Å². The van der Waals surface area contributed by atoms with Gasteiger partial charge in [-0.15, -0.1) is 0 Å². The molecule has 0 bridgehead atoms. The van der Waals surface area contributed by atoms with Gasteiger partial charge in [-0.1, -0.05) is 48.5 Å². The Morgan fingerprint density at radius 3 is 2.24 bits per heavy atom. The Morgan fingerprint density at radius 2 is 1.55 bits per heavy atom. The van der Waals surface area contributed by atoms with Crippen LogP contribution in [-0.2, 0) is 16.1 Å². The highest BCUT2D eigenvalue weighted by atomic mass is 16.7. The molecule has 0 aromatic heterocycles. The predicted octanol–water partition coefficient (Wildman–Crippen LogP) is 4.83. The van der Waals surface area contributed by atoms with Crippen molar-refractivity contribution in [2.45, 2.75) is 6.61 Å². The van der Waals surface area contributed by atoms with Gasteiger partial charge in [0.05, 0.1) is 0 Å². The number of aromatic hydroxyl groups is 1. The van der Waals surface area contributed by atoms with Gasteiger partial charge in [-0.3, -0.25) is 4.79 Å². The zero-order valence-corrected chi connectivity index (χ0v) is 18.5. The number of benzene rings is 3. The van der Waals surface area contributed by atoms with Gasteiger partial charge in [0.1, 0.15) is 35.2 Å². The van der Waals surface area contributed by atoms with Gasteiger partial charge in [-0.25, -0.2) is 0 Å². The fourth-order valence-corrected chi connectivity index (χ4v) is 2.94. The average molecular weight is 450 g/mol. The molecule has 1 N–H and O–H groups in total. The number of methoxy groups -OCH3 is 2. The van der Waals surface area contributed by atoms with Crippen molar-refractivity contribution in [3.05, 3.63) is 89.5 Å². The van der Waals surface area contributed by atoms with Gasteiger partial charge >= 0.3 is 0 Å². The molecule has 33 heavy (non-hydrogen) atoms. The van der Waals surface area contributed by atoms with Crippen molar-refractivity contribution in [3.63, 3.8) is 0 Å². The Balaban J connectivity index is 1.69. The van der Waals surface area contributed by atoms with Crippen LogP contribution in [0.4, 0.5) is 0 Å². The Bertz CT molecular complexity index is 1060. The van der Waals surface area contributed by atoms with Gasteiger partial charge in [0, 0.05) is 26.4 Å². The molecule has 3 rings (SSSR count). The van der Waals surface area contributed by atoms with E-state index in [1.165, 1.54) is 32.4 Å². The highest BCUT2D eigenvalue weighted by Crippen LogP contribution is 2.34. The summed E-state index contributed by atoms with van der Waals surface area (Å²) >= 11 is 0. The van der Waals surface area contributed by atoms with Crippen molar-refractivity contribution < 1.29 is 33.6 Å². The van der Waals surface area contributed by atoms with Gasteiger partial charge in [0.2, 0.25) is 0 Å². The van der Waals surface area contributed by atoms with Gasteiger partial charge in [0.25, 0.3) is 0 Å². The first-order valence-electron chi connectivity index (χ1n) is 10.2. The molecule has 0 spiro atoms. The summed E-state index contributed by atoms with van der Waals surface area (Å²) in [6.07, 6.45) is 3.02. The lowest BCUT2D eigenvalue weighted by Crippen LogP contribution is -2.06. The molecule has 0 saturated heterocycles. The molecule has 0 radical (unpaired) electrons.